The van der Waals surface area contributed by atoms with Crippen LogP contribution in [0.15, 0.2) is 0 Å². The molecule has 13 heavy (non-hydrogen) atoms. The van der Waals surface area contributed by atoms with Gasteiger partial charge >= 0.3 is 5.97 Å². The van der Waals surface area contributed by atoms with E-state index in [1.54, 1.807) is 0 Å². The molecule has 0 saturated carbocycles. The third-order valence-electron chi connectivity index (χ3n) is 1.59. The molecule has 0 aliphatic heterocycles. The van der Waals surface area contributed by atoms with E-state index in [1.807, 2.05) is 6.92 Å². The van der Waals surface area contributed by atoms with Crippen molar-refractivity contribution in [1.29, 1.82) is 0 Å². The fraction of sp³-hybridized carbons (Fsp3) is 0.375. The van der Waals surface area contributed by atoms with Crippen LogP contribution in [-0.2, 0) is 6.42 Å². The molecule has 0 aliphatic carbocycles. The van der Waals surface area contributed by atoms with Crippen molar-refractivity contribution in [2.24, 2.45) is 0 Å². The first-order chi connectivity index (χ1) is 6.19. The van der Waals surface area contributed by atoms with Crippen LogP contribution in [0.5, 0.6) is 0 Å². The van der Waals surface area contributed by atoms with Gasteiger partial charge < -0.3 is 10.1 Å². The van der Waals surface area contributed by atoms with E-state index in [2.05, 4.69) is 9.97 Å². The predicted octanol–water partition coefficient (Wildman–Crippen LogP) is 0.873. The van der Waals surface area contributed by atoms with E-state index in [0.29, 0.717) is 18.5 Å². The molecule has 70 valence electrons. The van der Waals surface area contributed by atoms with Gasteiger partial charge in [0.25, 0.3) is 0 Å². The normalized spacial score (nSPS) is 9.92. The molecule has 0 atom stereocenters. The van der Waals surface area contributed by atoms with Gasteiger partial charge in [0.15, 0.2) is 12.0 Å². The number of carbonyl (C=O) groups excluding carboxylic acids is 1. The number of hydrogen-bond acceptors (Lipinski definition) is 3. The van der Waals surface area contributed by atoms with Crippen LogP contribution in [0.25, 0.3) is 0 Å². The third-order valence-corrected chi connectivity index (χ3v) is 1.59. The SMILES string of the molecule is CCCc1nc(C(=O)O)c(C=O)[nH]1. The second-order valence-corrected chi connectivity index (χ2v) is 2.62. The molecule has 1 aromatic rings. The van der Waals surface area contributed by atoms with Gasteiger partial charge in [0, 0.05) is 6.42 Å². The summed E-state index contributed by atoms with van der Waals surface area (Å²) in [5, 5.41) is 8.64. The lowest BCUT2D eigenvalue weighted by atomic mass is 10.3. The van der Waals surface area contributed by atoms with E-state index in [9.17, 15) is 9.59 Å². The minimum Gasteiger partial charge on any atom is -0.476 e. The zero-order valence-electron chi connectivity index (χ0n) is 7.20. The van der Waals surface area contributed by atoms with Crippen molar-refractivity contribution < 1.29 is 14.7 Å². The largest absolute Gasteiger partial charge is 0.476 e. The van der Waals surface area contributed by atoms with Crippen LogP contribution in [0.1, 0.15) is 40.1 Å². The van der Waals surface area contributed by atoms with Crippen LogP contribution in [-0.4, -0.2) is 27.3 Å². The number of carboxylic acid groups (broad SMARTS) is 1. The van der Waals surface area contributed by atoms with Crippen LogP contribution >= 0.6 is 0 Å². The van der Waals surface area contributed by atoms with Crippen molar-refractivity contribution in [3.8, 4) is 0 Å². The van der Waals surface area contributed by atoms with Gasteiger partial charge in [0.2, 0.25) is 0 Å². The quantitative estimate of drug-likeness (QED) is 0.677. The maximum atomic E-state index is 10.6. The van der Waals surface area contributed by atoms with E-state index >= 15 is 0 Å². The molecule has 0 aliphatic rings. The summed E-state index contributed by atoms with van der Waals surface area (Å²) in [6, 6.07) is 0. The molecule has 0 radical (unpaired) electrons. The second kappa shape index (κ2) is 3.84. The Labute approximate surface area is 74.8 Å². The van der Waals surface area contributed by atoms with Gasteiger partial charge in [-0.15, -0.1) is 0 Å². The molecule has 0 spiro atoms. The molecule has 0 fully saturated rings. The zero-order chi connectivity index (χ0) is 9.84. The lowest BCUT2D eigenvalue weighted by Crippen LogP contribution is -2.00. The van der Waals surface area contributed by atoms with Crippen molar-refractivity contribution in [3.63, 3.8) is 0 Å². The molecule has 5 nitrogen and oxygen atoms in total. The summed E-state index contributed by atoms with van der Waals surface area (Å²) in [4.78, 5) is 27.4. The molecule has 2 N–H and O–H groups in total. The van der Waals surface area contributed by atoms with Crippen molar-refractivity contribution in [2.75, 3.05) is 0 Å². The first kappa shape index (κ1) is 9.44. The highest BCUT2D eigenvalue weighted by atomic mass is 16.4. The first-order valence-electron chi connectivity index (χ1n) is 3.96. The Morgan fingerprint density at radius 3 is 2.77 bits per heavy atom. The number of H-pyrrole nitrogens is 1. The molecule has 5 heteroatoms. The van der Waals surface area contributed by atoms with Gasteiger partial charge in [-0.1, -0.05) is 6.92 Å². The lowest BCUT2D eigenvalue weighted by molar-refractivity contribution is 0.0688. The summed E-state index contributed by atoms with van der Waals surface area (Å²) >= 11 is 0. The van der Waals surface area contributed by atoms with Crippen molar-refractivity contribution in [2.45, 2.75) is 19.8 Å². The summed E-state index contributed by atoms with van der Waals surface area (Å²) in [7, 11) is 0. The number of nitrogens with one attached hydrogen (secondary N) is 1. The zero-order valence-corrected chi connectivity index (χ0v) is 7.20. The van der Waals surface area contributed by atoms with E-state index in [-0.39, 0.29) is 11.4 Å². The summed E-state index contributed by atoms with van der Waals surface area (Å²) in [6.45, 7) is 1.95. The molecule has 0 amide bonds. The smallest absolute Gasteiger partial charge is 0.356 e. The fourth-order valence-electron chi connectivity index (χ4n) is 1.04. The minimum absolute atomic E-state index is 0.0379. The van der Waals surface area contributed by atoms with Crippen LogP contribution in [0, 0.1) is 0 Å². The van der Waals surface area contributed by atoms with Crippen molar-refractivity contribution in [1.82, 2.24) is 9.97 Å². The van der Waals surface area contributed by atoms with Crippen molar-refractivity contribution in [3.05, 3.63) is 17.2 Å². The number of aromatic amines is 1. The standard InChI is InChI=1S/C8H10N2O3/c1-2-3-6-9-5(4-11)7(10-6)8(12)13/h4H,2-3H2,1H3,(H,9,10)(H,12,13). The molecule has 0 unspecified atom stereocenters. The van der Waals surface area contributed by atoms with Gasteiger partial charge in [-0.2, -0.15) is 0 Å². The number of hydrogen-bond donors (Lipinski definition) is 2. The van der Waals surface area contributed by atoms with Gasteiger partial charge in [-0.3, -0.25) is 4.79 Å². The number of carbonyl (C=O) groups is 2. The predicted molar refractivity (Wildman–Crippen MR) is 44.9 cm³/mol. The molecule has 0 bridgehead atoms. The van der Waals surface area contributed by atoms with E-state index in [0.717, 1.165) is 6.42 Å². The number of aldehydes is 1. The summed E-state index contributed by atoms with van der Waals surface area (Å²) in [6.07, 6.45) is 1.97. The molecule has 1 aromatic heterocycles. The molecule has 0 saturated heterocycles. The third kappa shape index (κ3) is 1.93. The summed E-state index contributed by atoms with van der Waals surface area (Å²) in [5.74, 6) is -0.636. The number of rotatable bonds is 4. The highest BCUT2D eigenvalue weighted by Crippen LogP contribution is 2.05. The van der Waals surface area contributed by atoms with E-state index in [1.165, 1.54) is 0 Å². The summed E-state index contributed by atoms with van der Waals surface area (Å²) < 4.78 is 0. The number of imidazole rings is 1. The van der Waals surface area contributed by atoms with Gasteiger partial charge in [0.05, 0.1) is 0 Å². The van der Waals surface area contributed by atoms with E-state index in [4.69, 9.17) is 5.11 Å². The molecule has 0 aromatic carbocycles. The van der Waals surface area contributed by atoms with Crippen LogP contribution in [0.2, 0.25) is 0 Å². The molecule has 1 heterocycles. The Kier molecular flexibility index (Phi) is 2.79. The maximum Gasteiger partial charge on any atom is 0.356 e. The summed E-state index contributed by atoms with van der Waals surface area (Å²) in [5.41, 5.74) is -0.158. The van der Waals surface area contributed by atoms with Gasteiger partial charge in [-0.05, 0) is 6.42 Å². The Balaban J connectivity index is 3.04. The fourth-order valence-corrected chi connectivity index (χ4v) is 1.04. The second-order valence-electron chi connectivity index (χ2n) is 2.62. The Morgan fingerprint density at radius 1 is 1.69 bits per heavy atom. The number of nitrogens with zero attached hydrogens (tertiary/aromatic N) is 1. The first-order valence-corrected chi connectivity index (χ1v) is 3.96. The topological polar surface area (TPSA) is 83.0 Å². The van der Waals surface area contributed by atoms with Gasteiger partial charge in [-0.25, -0.2) is 9.78 Å². The highest BCUT2D eigenvalue weighted by Gasteiger charge is 2.15. The monoisotopic (exact) mass is 182 g/mol. The molecular weight excluding hydrogens is 172 g/mol. The van der Waals surface area contributed by atoms with Crippen LogP contribution in [0.4, 0.5) is 0 Å². The Bertz CT molecular complexity index is 330. The number of carboxylic acids is 1. The molecular formula is C8H10N2O3. The average Bonchev–Trinajstić information content (AvgIpc) is 2.48. The van der Waals surface area contributed by atoms with E-state index < -0.39 is 5.97 Å². The number of aromatic carboxylic acids is 1. The van der Waals surface area contributed by atoms with Crippen LogP contribution in [0.3, 0.4) is 0 Å². The number of aryl methyl sites for hydroxylation is 1. The minimum atomic E-state index is -1.18. The number of aromatic nitrogens is 2. The Hall–Kier alpha value is -1.65. The van der Waals surface area contributed by atoms with Crippen molar-refractivity contribution >= 4 is 12.3 Å². The lowest BCUT2D eigenvalue weighted by Gasteiger charge is -1.87. The highest BCUT2D eigenvalue weighted by molar-refractivity contribution is 5.94. The Morgan fingerprint density at radius 2 is 2.38 bits per heavy atom. The van der Waals surface area contributed by atoms with Gasteiger partial charge in [0.1, 0.15) is 11.5 Å². The molecule has 1 rings (SSSR count). The van der Waals surface area contributed by atoms with Crippen LogP contribution < -0.4 is 0 Å². The average molecular weight is 182 g/mol. The maximum absolute atomic E-state index is 10.6.